The molecule has 0 amide bonds. The van der Waals surface area contributed by atoms with E-state index < -0.39 is 30.7 Å². The van der Waals surface area contributed by atoms with Gasteiger partial charge in [-0.3, -0.25) is 14.8 Å². The van der Waals surface area contributed by atoms with Crippen molar-refractivity contribution in [1.29, 1.82) is 0 Å². The summed E-state index contributed by atoms with van der Waals surface area (Å²) in [5.74, 6) is 0. The fraction of sp³-hybridized carbons (Fsp3) is 0.143. The van der Waals surface area contributed by atoms with Crippen molar-refractivity contribution in [3.8, 4) is 0 Å². The van der Waals surface area contributed by atoms with Gasteiger partial charge in [-0.2, -0.15) is 0 Å². The van der Waals surface area contributed by atoms with Crippen molar-refractivity contribution in [1.82, 2.24) is 0 Å². The van der Waals surface area contributed by atoms with E-state index >= 15 is 0 Å². The first-order chi connectivity index (χ1) is 11.4. The summed E-state index contributed by atoms with van der Waals surface area (Å²) in [6.07, 6.45) is 0. The van der Waals surface area contributed by atoms with Gasteiger partial charge in [0.15, 0.2) is 0 Å². The predicted molar refractivity (Wildman–Crippen MR) is 91.2 cm³/mol. The van der Waals surface area contributed by atoms with Crippen molar-refractivity contribution in [2.45, 2.75) is 23.6 Å². The number of nitrogens with zero attached hydrogens (tertiary/aromatic N) is 1. The summed E-state index contributed by atoms with van der Waals surface area (Å²) in [5, 5.41) is 16.1. The summed E-state index contributed by atoms with van der Waals surface area (Å²) in [4.78, 5) is 9.92. The minimum Gasteiger partial charge on any atom is -0.273 e. The summed E-state index contributed by atoms with van der Waals surface area (Å²) >= 11 is 0. The third-order valence-corrected chi connectivity index (χ3v) is 6.19. The molecule has 0 saturated heterocycles. The summed E-state index contributed by atoms with van der Waals surface area (Å²) in [5.41, 5.74) is -0.229. The molecule has 0 aliphatic heterocycles. The summed E-state index contributed by atoms with van der Waals surface area (Å²) < 4.78 is 50.4. The van der Waals surface area contributed by atoms with E-state index in [4.69, 9.17) is 5.14 Å². The number of nitrogens with two attached hydrogens (primary N) is 1. The number of primary sulfonamides is 1. The lowest BCUT2D eigenvalue weighted by atomic mass is 10.1. The Morgan fingerprint density at radius 2 is 1.48 bits per heavy atom. The first-order valence-electron chi connectivity index (χ1n) is 6.84. The highest BCUT2D eigenvalue weighted by Crippen LogP contribution is 2.29. The number of anilines is 1. The molecule has 2 aromatic rings. The van der Waals surface area contributed by atoms with Gasteiger partial charge in [-0.05, 0) is 43.2 Å². The lowest BCUT2D eigenvalue weighted by Crippen LogP contribution is -2.18. The molecule has 0 spiro atoms. The highest BCUT2D eigenvalue weighted by atomic mass is 32.2. The Labute approximate surface area is 144 Å². The number of para-hydroxylation sites is 2. The maximum Gasteiger partial charge on any atom is 0.293 e. The molecule has 0 heterocycles. The Balaban J connectivity index is 2.56. The smallest absolute Gasteiger partial charge is 0.273 e. The molecule has 0 atom stereocenters. The Hall–Kier alpha value is -2.50. The van der Waals surface area contributed by atoms with Crippen LogP contribution in [-0.4, -0.2) is 21.8 Å². The van der Waals surface area contributed by atoms with E-state index in [1.54, 1.807) is 0 Å². The van der Waals surface area contributed by atoms with Gasteiger partial charge in [0.05, 0.1) is 14.7 Å². The van der Waals surface area contributed by atoms with E-state index in [-0.39, 0.29) is 26.6 Å². The number of nitro benzene ring substituents is 1. The highest BCUT2D eigenvalue weighted by molar-refractivity contribution is 7.92. The fourth-order valence-electron chi connectivity index (χ4n) is 2.29. The van der Waals surface area contributed by atoms with E-state index in [0.29, 0.717) is 0 Å². The number of sulfonamides is 2. The molecule has 0 fully saturated rings. The molecule has 2 rings (SSSR count). The molecule has 25 heavy (non-hydrogen) atoms. The van der Waals surface area contributed by atoms with E-state index in [0.717, 1.165) is 12.1 Å². The number of benzene rings is 2. The van der Waals surface area contributed by atoms with Crippen LogP contribution in [0.15, 0.2) is 46.2 Å². The Morgan fingerprint density at radius 1 is 0.960 bits per heavy atom. The lowest BCUT2D eigenvalue weighted by Gasteiger charge is -2.14. The zero-order valence-corrected chi connectivity index (χ0v) is 14.9. The van der Waals surface area contributed by atoms with Gasteiger partial charge in [0.25, 0.3) is 15.7 Å². The molecule has 0 unspecified atom stereocenters. The van der Waals surface area contributed by atoms with Crippen molar-refractivity contribution in [3.05, 3.63) is 57.6 Å². The molecular weight excluding hydrogens is 370 g/mol. The molecule has 0 radical (unpaired) electrons. The van der Waals surface area contributed by atoms with Crippen LogP contribution in [-0.2, 0) is 20.0 Å². The van der Waals surface area contributed by atoms with Gasteiger partial charge in [0, 0.05) is 6.07 Å². The third-order valence-electron chi connectivity index (χ3n) is 3.63. The average molecular weight is 385 g/mol. The van der Waals surface area contributed by atoms with Crippen LogP contribution in [0.2, 0.25) is 0 Å². The van der Waals surface area contributed by atoms with Crippen LogP contribution in [0.25, 0.3) is 0 Å². The van der Waals surface area contributed by atoms with Gasteiger partial charge in [-0.25, -0.2) is 22.0 Å². The van der Waals surface area contributed by atoms with Gasteiger partial charge in [0.2, 0.25) is 10.0 Å². The van der Waals surface area contributed by atoms with Crippen LogP contribution < -0.4 is 9.86 Å². The van der Waals surface area contributed by atoms with Gasteiger partial charge >= 0.3 is 0 Å². The summed E-state index contributed by atoms with van der Waals surface area (Å²) in [7, 11) is -8.17. The number of nitro groups is 1. The number of rotatable bonds is 5. The monoisotopic (exact) mass is 385 g/mol. The van der Waals surface area contributed by atoms with E-state index in [2.05, 4.69) is 4.72 Å². The maximum atomic E-state index is 12.6. The number of hydrogen-bond acceptors (Lipinski definition) is 6. The normalized spacial score (nSPS) is 12.0. The third kappa shape index (κ3) is 3.78. The van der Waals surface area contributed by atoms with Crippen LogP contribution in [0.4, 0.5) is 11.4 Å². The quantitative estimate of drug-likeness (QED) is 0.590. The maximum absolute atomic E-state index is 12.6. The molecule has 0 bridgehead atoms. The molecule has 9 nitrogen and oxygen atoms in total. The van der Waals surface area contributed by atoms with E-state index in [9.17, 15) is 26.9 Å². The second-order valence-electron chi connectivity index (χ2n) is 5.24. The van der Waals surface area contributed by atoms with Crippen LogP contribution in [0.1, 0.15) is 11.1 Å². The van der Waals surface area contributed by atoms with E-state index in [1.165, 1.54) is 38.1 Å². The molecule has 0 aliphatic rings. The highest BCUT2D eigenvalue weighted by Gasteiger charge is 2.24. The standard InChI is InChI=1S/C14H15N3O6S2/c1-9-10(2)14(8-7-13(9)24(15,20)21)25(22,23)16-11-5-3-4-6-12(11)17(18)19/h3-8,16H,1-2H3,(H2,15,20,21). The number of hydrogen-bond donors (Lipinski definition) is 2. The van der Waals surface area contributed by atoms with Crippen LogP contribution in [0.5, 0.6) is 0 Å². The first-order valence-corrected chi connectivity index (χ1v) is 9.87. The Morgan fingerprint density at radius 3 is 2.04 bits per heavy atom. The Bertz CT molecular complexity index is 1060. The fourth-order valence-corrected chi connectivity index (χ4v) is 4.50. The molecular formula is C14H15N3O6S2. The predicted octanol–water partition coefficient (Wildman–Crippen LogP) is 1.66. The second kappa shape index (κ2) is 6.43. The minimum atomic E-state index is -4.17. The average Bonchev–Trinajstić information content (AvgIpc) is 2.48. The van der Waals surface area contributed by atoms with Crippen LogP contribution in [0, 0.1) is 24.0 Å². The molecule has 0 aromatic heterocycles. The lowest BCUT2D eigenvalue weighted by molar-refractivity contribution is -0.383. The SMILES string of the molecule is Cc1c(S(N)(=O)=O)ccc(S(=O)(=O)Nc2ccccc2[N+](=O)[O-])c1C. The topological polar surface area (TPSA) is 149 Å². The van der Waals surface area contributed by atoms with Crippen molar-refractivity contribution in [3.63, 3.8) is 0 Å². The van der Waals surface area contributed by atoms with Crippen LogP contribution >= 0.6 is 0 Å². The molecule has 134 valence electrons. The zero-order valence-electron chi connectivity index (χ0n) is 13.3. The molecule has 0 saturated carbocycles. The molecule has 0 aliphatic carbocycles. The minimum absolute atomic E-state index is 0.178. The molecule has 2 aromatic carbocycles. The largest absolute Gasteiger partial charge is 0.293 e. The van der Waals surface area contributed by atoms with Crippen molar-refractivity contribution >= 4 is 31.4 Å². The van der Waals surface area contributed by atoms with Gasteiger partial charge in [-0.15, -0.1) is 0 Å². The van der Waals surface area contributed by atoms with Crippen molar-refractivity contribution < 1.29 is 21.8 Å². The van der Waals surface area contributed by atoms with Crippen LogP contribution in [0.3, 0.4) is 0 Å². The molecule has 3 N–H and O–H groups in total. The zero-order chi connectivity index (χ0) is 19.0. The van der Waals surface area contributed by atoms with Crippen molar-refractivity contribution in [2.24, 2.45) is 5.14 Å². The second-order valence-corrected chi connectivity index (χ2v) is 8.42. The number of nitrogens with one attached hydrogen (secondary N) is 1. The summed E-state index contributed by atoms with van der Waals surface area (Å²) in [6.45, 7) is 2.86. The van der Waals surface area contributed by atoms with Gasteiger partial charge in [-0.1, -0.05) is 12.1 Å². The summed E-state index contributed by atoms with van der Waals surface area (Å²) in [6, 6.07) is 7.47. The first kappa shape index (κ1) is 18.8. The Kier molecular flexibility index (Phi) is 4.84. The van der Waals surface area contributed by atoms with Gasteiger partial charge in [0.1, 0.15) is 5.69 Å². The molecule has 11 heteroatoms. The van der Waals surface area contributed by atoms with Crippen molar-refractivity contribution in [2.75, 3.05) is 4.72 Å². The van der Waals surface area contributed by atoms with Gasteiger partial charge < -0.3 is 0 Å². The van der Waals surface area contributed by atoms with E-state index in [1.807, 2.05) is 0 Å².